The highest BCUT2D eigenvalue weighted by molar-refractivity contribution is 7.89. The number of benzene rings is 1. The van der Waals surface area contributed by atoms with E-state index >= 15 is 0 Å². The Hall–Kier alpha value is -1.42. The van der Waals surface area contributed by atoms with Gasteiger partial charge in [0.25, 0.3) is 0 Å². The molecule has 2 N–H and O–H groups in total. The van der Waals surface area contributed by atoms with Gasteiger partial charge in [-0.2, -0.15) is 5.26 Å². The first-order valence-corrected chi connectivity index (χ1v) is 8.45. The van der Waals surface area contributed by atoms with E-state index in [1.54, 1.807) is 19.1 Å². The van der Waals surface area contributed by atoms with E-state index in [9.17, 15) is 18.8 Å². The molecule has 0 amide bonds. The van der Waals surface area contributed by atoms with Crippen LogP contribution in [0.25, 0.3) is 0 Å². The van der Waals surface area contributed by atoms with Gasteiger partial charge in [0.1, 0.15) is 11.0 Å². The Morgan fingerprint density at radius 1 is 1.52 bits per heavy atom. The maximum atomic E-state index is 12.6. The molecule has 6 heteroatoms. The van der Waals surface area contributed by atoms with Crippen molar-refractivity contribution in [2.75, 3.05) is 6.61 Å². The normalized spacial score (nSPS) is 25.7. The monoisotopic (exact) mass is 308 g/mol. The summed E-state index contributed by atoms with van der Waals surface area (Å²) < 4.78 is 27.8. The zero-order valence-corrected chi connectivity index (χ0v) is 13.1. The number of nitrogens with one attached hydrogen (secondary N) is 1. The van der Waals surface area contributed by atoms with E-state index in [0.29, 0.717) is 12.0 Å². The van der Waals surface area contributed by atoms with Crippen LogP contribution in [0.3, 0.4) is 0 Å². The second kappa shape index (κ2) is 5.76. The highest BCUT2D eigenvalue weighted by Crippen LogP contribution is 2.38. The molecule has 1 aliphatic carbocycles. The quantitative estimate of drug-likeness (QED) is 0.885. The first-order chi connectivity index (χ1) is 9.84. The lowest BCUT2D eigenvalue weighted by atomic mass is 9.86. The van der Waals surface area contributed by atoms with Gasteiger partial charge in [-0.1, -0.05) is 25.5 Å². The van der Waals surface area contributed by atoms with Gasteiger partial charge in [0.2, 0.25) is 10.0 Å². The molecule has 0 unspecified atom stereocenters. The first kappa shape index (κ1) is 16.0. The van der Waals surface area contributed by atoms with E-state index in [2.05, 4.69) is 4.72 Å². The summed E-state index contributed by atoms with van der Waals surface area (Å²) in [7, 11) is -3.77. The lowest BCUT2D eigenvalue weighted by Crippen LogP contribution is -2.44. The number of aryl methyl sites for hydroxylation is 1. The van der Waals surface area contributed by atoms with E-state index < -0.39 is 15.4 Å². The molecule has 0 heterocycles. The Morgan fingerprint density at radius 2 is 2.24 bits per heavy atom. The maximum Gasteiger partial charge on any atom is 0.242 e. The predicted molar refractivity (Wildman–Crippen MR) is 79.0 cm³/mol. The van der Waals surface area contributed by atoms with E-state index in [1.807, 2.05) is 13.0 Å². The van der Waals surface area contributed by atoms with Crippen LogP contribution in [-0.2, 0) is 10.0 Å². The first-order valence-electron chi connectivity index (χ1n) is 6.97. The number of rotatable bonds is 4. The van der Waals surface area contributed by atoms with Crippen LogP contribution in [-0.4, -0.2) is 26.2 Å². The van der Waals surface area contributed by atoms with Gasteiger partial charge >= 0.3 is 0 Å². The number of sulfonamides is 1. The van der Waals surface area contributed by atoms with Gasteiger partial charge in [0, 0.05) is 18.1 Å². The van der Waals surface area contributed by atoms with Crippen molar-refractivity contribution in [2.45, 2.75) is 44.0 Å². The summed E-state index contributed by atoms with van der Waals surface area (Å²) in [6.07, 6.45) is 2.36. The van der Waals surface area contributed by atoms with Crippen molar-refractivity contribution in [1.29, 1.82) is 5.26 Å². The molecule has 0 saturated heterocycles. The fraction of sp³-hybridized carbons (Fsp3) is 0.533. The molecule has 114 valence electrons. The minimum Gasteiger partial charge on any atom is -0.396 e. The molecule has 0 radical (unpaired) electrons. The molecule has 1 fully saturated rings. The molecule has 2 rings (SSSR count). The standard InChI is InChI=1S/C15H20N2O3S/c1-11-5-3-6-13(12(11)9-16)21(19,20)17-14-7-4-8-15(14,2)10-18/h3,5-6,14,17-18H,4,7-8,10H2,1-2H3/t14-,15+/m0/s1. The summed E-state index contributed by atoms with van der Waals surface area (Å²) in [5, 5.41) is 18.7. The molecule has 0 aliphatic heterocycles. The molecule has 1 saturated carbocycles. The topological polar surface area (TPSA) is 90.2 Å². The van der Waals surface area contributed by atoms with Crippen LogP contribution >= 0.6 is 0 Å². The average molecular weight is 308 g/mol. The number of hydrogen-bond donors (Lipinski definition) is 2. The SMILES string of the molecule is Cc1cccc(S(=O)(=O)N[C@H]2CCC[C@]2(C)CO)c1C#N. The van der Waals surface area contributed by atoms with Crippen LogP contribution in [0.1, 0.15) is 37.3 Å². The lowest BCUT2D eigenvalue weighted by Gasteiger charge is -2.30. The summed E-state index contributed by atoms with van der Waals surface area (Å²) in [5.74, 6) is 0. The molecular weight excluding hydrogens is 288 g/mol. The zero-order chi connectivity index (χ0) is 15.7. The van der Waals surface area contributed by atoms with Crippen molar-refractivity contribution in [3.8, 4) is 6.07 Å². The van der Waals surface area contributed by atoms with Crippen molar-refractivity contribution >= 4 is 10.0 Å². The molecular formula is C15H20N2O3S. The Balaban J connectivity index is 2.37. The van der Waals surface area contributed by atoms with E-state index in [0.717, 1.165) is 12.8 Å². The van der Waals surface area contributed by atoms with Crippen LogP contribution in [0.5, 0.6) is 0 Å². The van der Waals surface area contributed by atoms with Gasteiger partial charge in [0.15, 0.2) is 0 Å². The largest absolute Gasteiger partial charge is 0.396 e. The zero-order valence-electron chi connectivity index (χ0n) is 12.3. The summed E-state index contributed by atoms with van der Waals surface area (Å²) in [5.41, 5.74) is 0.370. The minimum atomic E-state index is -3.77. The van der Waals surface area contributed by atoms with Gasteiger partial charge in [-0.3, -0.25) is 0 Å². The van der Waals surface area contributed by atoms with Crippen LogP contribution in [0.2, 0.25) is 0 Å². The van der Waals surface area contributed by atoms with Gasteiger partial charge < -0.3 is 5.11 Å². The smallest absolute Gasteiger partial charge is 0.242 e. The Bertz CT molecular complexity index is 679. The van der Waals surface area contributed by atoms with E-state index in [-0.39, 0.29) is 23.1 Å². The second-order valence-corrected chi connectivity index (χ2v) is 7.62. The van der Waals surface area contributed by atoms with Gasteiger partial charge in [0.05, 0.1) is 5.56 Å². The summed E-state index contributed by atoms with van der Waals surface area (Å²) >= 11 is 0. The molecule has 1 aromatic carbocycles. The fourth-order valence-corrected chi connectivity index (χ4v) is 4.52. The molecule has 0 spiro atoms. The van der Waals surface area contributed by atoms with Crippen molar-refractivity contribution < 1.29 is 13.5 Å². The molecule has 1 aliphatic rings. The third-order valence-corrected chi connectivity index (χ3v) is 5.89. The third kappa shape index (κ3) is 2.95. The molecule has 2 atom stereocenters. The molecule has 5 nitrogen and oxygen atoms in total. The Morgan fingerprint density at radius 3 is 2.86 bits per heavy atom. The van der Waals surface area contributed by atoms with Crippen LogP contribution in [0.15, 0.2) is 23.1 Å². The van der Waals surface area contributed by atoms with Gasteiger partial charge in [-0.25, -0.2) is 13.1 Å². The third-order valence-electron chi connectivity index (χ3n) is 4.38. The van der Waals surface area contributed by atoms with Gasteiger partial charge in [-0.15, -0.1) is 0 Å². The predicted octanol–water partition coefficient (Wildman–Crippen LogP) is 1.70. The highest BCUT2D eigenvalue weighted by atomic mass is 32.2. The fourth-order valence-electron chi connectivity index (χ4n) is 2.88. The van der Waals surface area contributed by atoms with Crippen LogP contribution < -0.4 is 4.72 Å². The Labute approximate surface area is 125 Å². The average Bonchev–Trinajstić information content (AvgIpc) is 2.80. The molecule has 1 aromatic rings. The number of nitriles is 1. The van der Waals surface area contributed by atoms with Gasteiger partial charge in [-0.05, 0) is 31.4 Å². The minimum absolute atomic E-state index is 0.0113. The second-order valence-electron chi connectivity index (χ2n) is 5.94. The van der Waals surface area contributed by atoms with E-state index in [4.69, 9.17) is 0 Å². The lowest BCUT2D eigenvalue weighted by molar-refractivity contribution is 0.127. The molecule has 21 heavy (non-hydrogen) atoms. The Kier molecular flexibility index (Phi) is 4.38. The summed E-state index contributed by atoms with van der Waals surface area (Å²) in [6.45, 7) is 3.54. The van der Waals surface area contributed by atoms with Crippen LogP contribution in [0.4, 0.5) is 0 Å². The summed E-state index contributed by atoms with van der Waals surface area (Å²) in [4.78, 5) is 0.0113. The van der Waals surface area contributed by atoms with Crippen molar-refractivity contribution in [2.24, 2.45) is 5.41 Å². The van der Waals surface area contributed by atoms with E-state index in [1.165, 1.54) is 6.07 Å². The highest BCUT2D eigenvalue weighted by Gasteiger charge is 2.40. The number of aliphatic hydroxyl groups excluding tert-OH is 1. The molecule has 0 bridgehead atoms. The van der Waals surface area contributed by atoms with Crippen molar-refractivity contribution in [3.05, 3.63) is 29.3 Å². The molecule has 0 aromatic heterocycles. The number of aliphatic hydroxyl groups is 1. The van der Waals surface area contributed by atoms with Crippen LogP contribution in [0, 0.1) is 23.7 Å². The maximum absolute atomic E-state index is 12.6. The number of hydrogen-bond acceptors (Lipinski definition) is 4. The van der Waals surface area contributed by atoms with Crippen molar-refractivity contribution in [1.82, 2.24) is 4.72 Å². The number of nitrogens with zero attached hydrogens (tertiary/aromatic N) is 1. The van der Waals surface area contributed by atoms with Crippen molar-refractivity contribution in [3.63, 3.8) is 0 Å². The summed E-state index contributed by atoms with van der Waals surface area (Å²) in [6, 6.07) is 6.44.